The Morgan fingerprint density at radius 3 is 2.60 bits per heavy atom. The van der Waals surface area contributed by atoms with Gasteiger partial charge in [0.25, 0.3) is 5.82 Å². The molecule has 2 heterocycles. The molecule has 8 nitrogen and oxygen atoms in total. The first-order valence-electron chi connectivity index (χ1n) is 12.6. The molecule has 0 unspecified atom stereocenters. The molecule has 212 valence electrons. The number of hydrogen-bond acceptors (Lipinski definition) is 4. The highest BCUT2D eigenvalue weighted by Gasteiger charge is 2.39. The lowest BCUT2D eigenvalue weighted by atomic mass is 9.78. The van der Waals surface area contributed by atoms with Gasteiger partial charge in [0.05, 0.1) is 17.5 Å². The first-order chi connectivity index (χ1) is 19.0. The van der Waals surface area contributed by atoms with Crippen molar-refractivity contribution in [1.82, 2.24) is 14.8 Å². The van der Waals surface area contributed by atoms with Crippen LogP contribution in [0.5, 0.6) is 11.5 Å². The number of aromatic amines is 1. The van der Waals surface area contributed by atoms with Crippen LogP contribution in [0.3, 0.4) is 0 Å². The molecule has 1 fully saturated rings. The minimum absolute atomic E-state index is 0.0143. The van der Waals surface area contributed by atoms with E-state index in [4.69, 9.17) is 4.74 Å². The van der Waals surface area contributed by atoms with Crippen LogP contribution < -0.4 is 14.0 Å². The second-order valence-corrected chi connectivity index (χ2v) is 9.80. The standard InChI is InChI=1S/C27H25F5N4O4/c1-35-9-8-16(34-35)14-39-24-12-23-22(11-21(24)29)33-25(18-4-2-3-5-19(18)26(37)38)36(23)13-15-6-7-17(10-20(15)28)40-27(30,31)32/h6-12,18-19H,2-5,13-14H2,1H3,(H,37,38)/p+1/t18-,19+/m1/s1. The number of carboxylic acid groups (broad SMARTS) is 1. The van der Waals surface area contributed by atoms with Crippen LogP contribution in [0.2, 0.25) is 0 Å². The van der Waals surface area contributed by atoms with Crippen molar-refractivity contribution in [3.8, 4) is 11.5 Å². The number of aryl methyl sites for hydroxylation is 1. The molecule has 0 bridgehead atoms. The number of ether oxygens (including phenoxy) is 2. The van der Waals surface area contributed by atoms with Gasteiger partial charge in [-0.1, -0.05) is 12.8 Å². The average Bonchev–Trinajstić information content (AvgIpc) is 3.45. The highest BCUT2D eigenvalue weighted by molar-refractivity contribution is 5.75. The predicted molar refractivity (Wildman–Crippen MR) is 131 cm³/mol. The smallest absolute Gasteiger partial charge is 0.484 e. The summed E-state index contributed by atoms with van der Waals surface area (Å²) in [5.74, 6) is -4.11. The van der Waals surface area contributed by atoms with Crippen molar-refractivity contribution < 1.29 is 45.9 Å². The number of aliphatic carboxylic acids is 1. The molecule has 0 saturated heterocycles. The van der Waals surface area contributed by atoms with Gasteiger partial charge in [0.1, 0.15) is 24.7 Å². The minimum Gasteiger partial charge on any atom is -0.484 e. The number of rotatable bonds is 8. The Morgan fingerprint density at radius 1 is 1.15 bits per heavy atom. The van der Waals surface area contributed by atoms with Crippen LogP contribution in [0.25, 0.3) is 11.0 Å². The topological polar surface area (TPSA) is 93.2 Å². The minimum atomic E-state index is -4.98. The number of nitrogens with zero attached hydrogens (tertiary/aromatic N) is 3. The molecule has 1 saturated carbocycles. The number of imidazole rings is 1. The quantitative estimate of drug-likeness (QED) is 0.222. The fourth-order valence-corrected chi connectivity index (χ4v) is 5.24. The first kappa shape index (κ1) is 27.4. The third kappa shape index (κ3) is 5.87. The number of benzene rings is 2. The van der Waals surface area contributed by atoms with Gasteiger partial charge >= 0.3 is 12.3 Å². The number of nitrogens with one attached hydrogen (secondary N) is 1. The highest BCUT2D eigenvalue weighted by atomic mass is 19.4. The number of aromatic nitrogens is 4. The zero-order valence-corrected chi connectivity index (χ0v) is 21.3. The Labute approximate surface area is 224 Å². The maximum absolute atomic E-state index is 15.0. The van der Waals surface area contributed by atoms with Crippen molar-refractivity contribution in [3.63, 3.8) is 0 Å². The van der Waals surface area contributed by atoms with Crippen LogP contribution in [-0.4, -0.2) is 32.2 Å². The Balaban J connectivity index is 1.57. The van der Waals surface area contributed by atoms with Crippen molar-refractivity contribution in [2.75, 3.05) is 0 Å². The molecular weight excluding hydrogens is 539 g/mol. The van der Waals surface area contributed by atoms with Gasteiger partial charge in [0, 0.05) is 37.0 Å². The molecule has 2 atom stereocenters. The van der Waals surface area contributed by atoms with E-state index in [1.807, 2.05) is 0 Å². The van der Waals surface area contributed by atoms with E-state index in [1.54, 1.807) is 28.6 Å². The van der Waals surface area contributed by atoms with Gasteiger partial charge in [0.2, 0.25) is 0 Å². The Hall–Kier alpha value is -4.16. The Kier molecular flexibility index (Phi) is 7.39. The molecule has 0 radical (unpaired) electrons. The number of carboxylic acids is 1. The number of halogens is 5. The van der Waals surface area contributed by atoms with E-state index in [0.717, 1.165) is 18.9 Å². The molecular formula is C27H26F5N4O4+. The van der Waals surface area contributed by atoms with Crippen LogP contribution in [-0.2, 0) is 25.0 Å². The number of carbonyl (C=O) groups is 1. The Bertz CT molecular complexity index is 1550. The molecule has 0 aliphatic heterocycles. The van der Waals surface area contributed by atoms with Gasteiger partial charge < -0.3 is 14.6 Å². The lowest BCUT2D eigenvalue weighted by molar-refractivity contribution is -0.672. The molecule has 0 amide bonds. The van der Waals surface area contributed by atoms with E-state index < -0.39 is 41.6 Å². The molecule has 1 aliphatic carbocycles. The molecule has 2 N–H and O–H groups in total. The van der Waals surface area contributed by atoms with Gasteiger partial charge in [0.15, 0.2) is 22.6 Å². The summed E-state index contributed by atoms with van der Waals surface area (Å²) in [5, 5.41) is 14.1. The molecule has 2 aromatic carbocycles. The molecule has 0 spiro atoms. The highest BCUT2D eigenvalue weighted by Crippen LogP contribution is 2.38. The second-order valence-electron chi connectivity index (χ2n) is 9.80. The maximum atomic E-state index is 15.0. The monoisotopic (exact) mass is 565 g/mol. The second kappa shape index (κ2) is 10.8. The van der Waals surface area contributed by atoms with E-state index in [-0.39, 0.29) is 24.5 Å². The first-order valence-corrected chi connectivity index (χ1v) is 12.6. The molecule has 40 heavy (non-hydrogen) atoms. The zero-order valence-electron chi connectivity index (χ0n) is 21.3. The Morgan fingerprint density at radius 2 is 1.93 bits per heavy atom. The summed E-state index contributed by atoms with van der Waals surface area (Å²) in [4.78, 5) is 15.2. The van der Waals surface area contributed by atoms with Gasteiger partial charge in [-0.3, -0.25) is 9.48 Å². The van der Waals surface area contributed by atoms with Crippen LogP contribution in [0.15, 0.2) is 42.6 Å². The summed E-state index contributed by atoms with van der Waals surface area (Å²) < 4.78 is 80.6. The average molecular weight is 566 g/mol. The normalized spacial score (nSPS) is 17.8. The van der Waals surface area contributed by atoms with Crippen LogP contribution in [0.1, 0.15) is 48.7 Å². The van der Waals surface area contributed by atoms with Crippen molar-refractivity contribution >= 4 is 17.0 Å². The van der Waals surface area contributed by atoms with Gasteiger partial charge in [-0.2, -0.15) is 5.10 Å². The van der Waals surface area contributed by atoms with E-state index in [1.165, 1.54) is 18.2 Å². The number of fused-ring (bicyclic) bond motifs is 1. The van der Waals surface area contributed by atoms with Gasteiger partial charge in [-0.15, -0.1) is 13.2 Å². The maximum Gasteiger partial charge on any atom is 0.573 e. The summed E-state index contributed by atoms with van der Waals surface area (Å²) in [6.45, 7) is -0.179. The third-order valence-corrected chi connectivity index (χ3v) is 7.06. The van der Waals surface area contributed by atoms with Gasteiger partial charge in [-0.25, -0.2) is 18.3 Å². The molecule has 4 aromatic rings. The largest absolute Gasteiger partial charge is 0.573 e. The fraction of sp³-hybridized carbons (Fsp3) is 0.370. The predicted octanol–water partition coefficient (Wildman–Crippen LogP) is 5.35. The van der Waals surface area contributed by atoms with E-state index in [9.17, 15) is 27.5 Å². The summed E-state index contributed by atoms with van der Waals surface area (Å²) in [6, 6.07) is 7.19. The van der Waals surface area contributed by atoms with E-state index in [2.05, 4.69) is 14.8 Å². The van der Waals surface area contributed by atoms with Crippen LogP contribution >= 0.6 is 0 Å². The lowest BCUT2D eigenvalue weighted by Crippen LogP contribution is -2.42. The van der Waals surface area contributed by atoms with E-state index in [0.29, 0.717) is 41.5 Å². The molecule has 1 aliphatic rings. The SMILES string of the molecule is Cn1ccc(COc2cc3c(cc2F)[nH]c([C@@H]2CCCC[C@@H]2C(=O)O)[n+]3Cc2ccc(OC(F)(F)F)cc2F)n1. The van der Waals surface area contributed by atoms with Crippen molar-refractivity contribution in [1.29, 1.82) is 0 Å². The van der Waals surface area contributed by atoms with Crippen LogP contribution in [0, 0.1) is 17.6 Å². The van der Waals surface area contributed by atoms with Crippen molar-refractivity contribution in [2.45, 2.75) is 51.1 Å². The van der Waals surface area contributed by atoms with E-state index >= 15 is 4.39 Å². The molecule has 13 heteroatoms. The van der Waals surface area contributed by atoms with Crippen LogP contribution in [0.4, 0.5) is 22.0 Å². The summed E-state index contributed by atoms with van der Waals surface area (Å²) in [6.07, 6.45) is -0.768. The number of hydrogen-bond donors (Lipinski definition) is 2. The molecule has 2 aromatic heterocycles. The summed E-state index contributed by atoms with van der Waals surface area (Å²) >= 11 is 0. The summed E-state index contributed by atoms with van der Waals surface area (Å²) in [5.41, 5.74) is 1.35. The molecule has 5 rings (SSSR count). The third-order valence-electron chi connectivity index (χ3n) is 7.06. The fourth-order valence-electron chi connectivity index (χ4n) is 5.24. The lowest BCUT2D eigenvalue weighted by Gasteiger charge is -2.25. The van der Waals surface area contributed by atoms with Gasteiger partial charge in [-0.05, 0) is 31.0 Å². The number of H-pyrrole nitrogens is 1. The van der Waals surface area contributed by atoms with Crippen molar-refractivity contribution in [3.05, 3.63) is 71.3 Å². The van der Waals surface area contributed by atoms with Crippen molar-refractivity contribution in [2.24, 2.45) is 13.0 Å². The zero-order chi connectivity index (χ0) is 28.6. The number of alkyl halides is 3. The summed E-state index contributed by atoms with van der Waals surface area (Å²) in [7, 11) is 1.73.